The zero-order chi connectivity index (χ0) is 15.3. The van der Waals surface area contributed by atoms with Crippen LogP contribution in [0.15, 0.2) is 48.7 Å². The molecule has 4 heteroatoms. The van der Waals surface area contributed by atoms with Gasteiger partial charge in [-0.2, -0.15) is 13.2 Å². The molecule has 0 bridgehead atoms. The first-order valence-electron chi connectivity index (χ1n) is 6.52. The van der Waals surface area contributed by atoms with Gasteiger partial charge < -0.3 is 5.32 Å². The number of nitrogens with one attached hydrogen (secondary N) is 1. The molecule has 1 N–H and O–H groups in total. The van der Waals surface area contributed by atoms with Gasteiger partial charge in [0.1, 0.15) is 0 Å². The van der Waals surface area contributed by atoms with Crippen LogP contribution in [0.5, 0.6) is 0 Å². The Kier molecular flexibility index (Phi) is 5.43. The summed E-state index contributed by atoms with van der Waals surface area (Å²) in [7, 11) is 0. The molecule has 110 valence electrons. The van der Waals surface area contributed by atoms with Crippen LogP contribution in [-0.2, 0) is 6.18 Å². The highest BCUT2D eigenvalue weighted by molar-refractivity contribution is 5.27. The highest BCUT2D eigenvalue weighted by Crippen LogP contribution is 2.30. The lowest BCUT2D eigenvalue weighted by atomic mass is 10.0. The van der Waals surface area contributed by atoms with Crippen LogP contribution in [-0.4, -0.2) is 0 Å². The predicted octanol–water partition coefficient (Wildman–Crippen LogP) is 5.23. The van der Waals surface area contributed by atoms with Crippen LogP contribution in [0.1, 0.15) is 43.9 Å². The smallest absolute Gasteiger partial charge is 0.382 e. The van der Waals surface area contributed by atoms with E-state index in [1.54, 1.807) is 0 Å². The lowest BCUT2D eigenvalue weighted by Crippen LogP contribution is -2.18. The zero-order valence-corrected chi connectivity index (χ0v) is 11.8. The number of hydrogen-bond donors (Lipinski definition) is 1. The van der Waals surface area contributed by atoms with E-state index in [2.05, 4.69) is 18.5 Å². The monoisotopic (exact) mass is 283 g/mol. The van der Waals surface area contributed by atoms with Crippen molar-refractivity contribution in [2.24, 2.45) is 0 Å². The predicted molar refractivity (Wildman–Crippen MR) is 76.2 cm³/mol. The highest BCUT2D eigenvalue weighted by atomic mass is 19.4. The summed E-state index contributed by atoms with van der Waals surface area (Å²) in [4.78, 5) is 0. The summed E-state index contributed by atoms with van der Waals surface area (Å²) in [5.41, 5.74) is 2.05. The van der Waals surface area contributed by atoms with Crippen LogP contribution in [0.2, 0.25) is 0 Å². The maximum atomic E-state index is 12.5. The fraction of sp³-hybridized carbons (Fsp3) is 0.375. The van der Waals surface area contributed by atoms with E-state index in [4.69, 9.17) is 0 Å². The molecular formula is C16H20F3N. The minimum Gasteiger partial charge on any atom is -0.382 e. The molecule has 1 rings (SSSR count). The highest BCUT2D eigenvalue weighted by Gasteiger charge is 2.30. The summed E-state index contributed by atoms with van der Waals surface area (Å²) in [5.74, 6) is 0. The van der Waals surface area contributed by atoms with Crippen molar-refractivity contribution in [3.8, 4) is 0 Å². The van der Waals surface area contributed by atoms with Gasteiger partial charge in [0.15, 0.2) is 0 Å². The first-order valence-corrected chi connectivity index (χ1v) is 6.52. The van der Waals surface area contributed by atoms with Crippen LogP contribution in [0.4, 0.5) is 13.2 Å². The van der Waals surface area contributed by atoms with Gasteiger partial charge in [0.25, 0.3) is 0 Å². The average molecular weight is 283 g/mol. The standard InChI is InChI=1S/C16H20F3N/c1-5-11(2)10-12(3)20-13(4)14-6-8-15(9-7-14)16(17,18)19/h6-9,13,20H,2-3,5,10H2,1,4H3/t13-/m0/s1. The van der Waals surface area contributed by atoms with Gasteiger partial charge in [0.05, 0.1) is 5.56 Å². The molecular weight excluding hydrogens is 263 g/mol. The Labute approximate surface area is 118 Å². The maximum Gasteiger partial charge on any atom is 0.416 e. The molecule has 0 saturated carbocycles. The molecule has 0 amide bonds. The second-order valence-electron chi connectivity index (χ2n) is 4.87. The molecule has 1 nitrogen and oxygen atoms in total. The second-order valence-corrected chi connectivity index (χ2v) is 4.87. The SMILES string of the molecule is C=C(CC)CC(=C)N[C@@H](C)c1ccc(C(F)(F)F)cc1. The van der Waals surface area contributed by atoms with Crippen molar-refractivity contribution in [3.63, 3.8) is 0 Å². The molecule has 0 aromatic heterocycles. The number of benzene rings is 1. The van der Waals surface area contributed by atoms with Crippen molar-refractivity contribution in [1.29, 1.82) is 0 Å². The van der Waals surface area contributed by atoms with Crippen LogP contribution in [0, 0.1) is 0 Å². The third-order valence-electron chi connectivity index (χ3n) is 3.12. The molecule has 0 unspecified atom stereocenters. The van der Waals surface area contributed by atoms with Crippen molar-refractivity contribution >= 4 is 0 Å². The van der Waals surface area contributed by atoms with E-state index in [1.807, 2.05) is 13.8 Å². The summed E-state index contributed by atoms with van der Waals surface area (Å²) in [5, 5.41) is 3.18. The molecule has 0 spiro atoms. The second kappa shape index (κ2) is 6.64. The van der Waals surface area contributed by atoms with E-state index in [9.17, 15) is 13.2 Å². The third-order valence-corrected chi connectivity index (χ3v) is 3.12. The van der Waals surface area contributed by atoms with Gasteiger partial charge in [-0.15, -0.1) is 0 Å². The van der Waals surface area contributed by atoms with Gasteiger partial charge in [-0.1, -0.05) is 37.8 Å². The minimum absolute atomic E-state index is 0.0885. The van der Waals surface area contributed by atoms with E-state index in [0.717, 1.165) is 35.4 Å². The zero-order valence-electron chi connectivity index (χ0n) is 11.8. The van der Waals surface area contributed by atoms with Gasteiger partial charge in [0, 0.05) is 18.2 Å². The van der Waals surface area contributed by atoms with E-state index >= 15 is 0 Å². The van der Waals surface area contributed by atoms with Crippen molar-refractivity contribution < 1.29 is 13.2 Å². The number of halogens is 3. The van der Waals surface area contributed by atoms with E-state index < -0.39 is 11.7 Å². The number of hydrogen-bond acceptors (Lipinski definition) is 1. The Hall–Kier alpha value is -1.71. The Balaban J connectivity index is 2.66. The molecule has 1 aromatic rings. The van der Waals surface area contributed by atoms with E-state index in [0.29, 0.717) is 6.42 Å². The van der Waals surface area contributed by atoms with Crippen molar-refractivity contribution in [1.82, 2.24) is 5.32 Å². The summed E-state index contributed by atoms with van der Waals surface area (Å²) < 4.78 is 37.4. The minimum atomic E-state index is -4.29. The topological polar surface area (TPSA) is 12.0 Å². The number of allylic oxidation sites excluding steroid dienone is 1. The summed E-state index contributed by atoms with van der Waals surface area (Å²) >= 11 is 0. The Morgan fingerprint density at radius 2 is 1.75 bits per heavy atom. The molecule has 0 saturated heterocycles. The quantitative estimate of drug-likeness (QED) is 0.705. The molecule has 0 aliphatic rings. The maximum absolute atomic E-state index is 12.5. The van der Waals surface area contributed by atoms with Crippen LogP contribution in [0.25, 0.3) is 0 Å². The molecule has 0 aliphatic heterocycles. The normalized spacial score (nSPS) is 12.8. The Bertz CT molecular complexity index is 471. The van der Waals surface area contributed by atoms with Crippen molar-refractivity contribution in [2.75, 3.05) is 0 Å². The average Bonchev–Trinajstić information content (AvgIpc) is 2.37. The fourth-order valence-electron chi connectivity index (χ4n) is 1.83. The van der Waals surface area contributed by atoms with Crippen LogP contribution in [0.3, 0.4) is 0 Å². The van der Waals surface area contributed by atoms with Crippen LogP contribution < -0.4 is 5.32 Å². The summed E-state index contributed by atoms with van der Waals surface area (Å²) in [6.07, 6.45) is -2.73. The number of alkyl halides is 3. The molecule has 0 heterocycles. The van der Waals surface area contributed by atoms with Gasteiger partial charge >= 0.3 is 6.18 Å². The summed E-state index contributed by atoms with van der Waals surface area (Å²) in [6.45, 7) is 11.7. The largest absolute Gasteiger partial charge is 0.416 e. The lowest BCUT2D eigenvalue weighted by molar-refractivity contribution is -0.137. The third kappa shape index (κ3) is 4.76. The Morgan fingerprint density at radius 3 is 2.20 bits per heavy atom. The van der Waals surface area contributed by atoms with Gasteiger partial charge in [-0.3, -0.25) is 0 Å². The molecule has 1 aromatic carbocycles. The molecule has 0 radical (unpaired) electrons. The molecule has 0 aliphatic carbocycles. The molecule has 1 atom stereocenters. The fourth-order valence-corrected chi connectivity index (χ4v) is 1.83. The van der Waals surface area contributed by atoms with E-state index in [1.165, 1.54) is 12.1 Å². The summed E-state index contributed by atoms with van der Waals surface area (Å²) in [6, 6.07) is 5.09. The van der Waals surface area contributed by atoms with E-state index in [-0.39, 0.29) is 6.04 Å². The van der Waals surface area contributed by atoms with Gasteiger partial charge in [-0.25, -0.2) is 0 Å². The molecule has 0 fully saturated rings. The first-order chi connectivity index (χ1) is 9.24. The van der Waals surface area contributed by atoms with Crippen molar-refractivity contribution in [3.05, 3.63) is 59.8 Å². The van der Waals surface area contributed by atoms with Gasteiger partial charge in [0.2, 0.25) is 0 Å². The van der Waals surface area contributed by atoms with Crippen LogP contribution >= 0.6 is 0 Å². The number of rotatable bonds is 6. The van der Waals surface area contributed by atoms with Crippen molar-refractivity contribution in [2.45, 2.75) is 38.9 Å². The first kappa shape index (κ1) is 16.3. The molecule has 20 heavy (non-hydrogen) atoms. The Morgan fingerprint density at radius 1 is 1.20 bits per heavy atom. The lowest BCUT2D eigenvalue weighted by Gasteiger charge is -2.18. The van der Waals surface area contributed by atoms with Gasteiger partial charge in [-0.05, 0) is 31.0 Å².